The van der Waals surface area contributed by atoms with E-state index in [9.17, 15) is 40.8 Å². The highest BCUT2D eigenvalue weighted by Gasteiger charge is 2.42. The standard InChI is InChI=1S/C24H21F3N4O6S/c1-13(30-38(36,37)17-7-3-5-15(11-17)24(25,26)27)14-4-2-6-16(10-14)28-18-12-21(33)31(23(18)35)19-8-9-20(32)29-22(19)34/h2-7,10-13,19,28,30H,8-9H2,1H3,(H,29,32,34). The smallest absolute Gasteiger partial charge is 0.351 e. The van der Waals surface area contributed by atoms with E-state index in [-0.39, 0.29) is 18.5 Å². The van der Waals surface area contributed by atoms with Gasteiger partial charge in [-0.25, -0.2) is 13.1 Å². The highest BCUT2D eigenvalue weighted by Crippen LogP contribution is 2.31. The molecule has 0 saturated carbocycles. The van der Waals surface area contributed by atoms with Gasteiger partial charge in [-0.3, -0.25) is 29.4 Å². The predicted molar refractivity (Wildman–Crippen MR) is 126 cm³/mol. The van der Waals surface area contributed by atoms with Gasteiger partial charge in [0.25, 0.3) is 11.8 Å². The Morgan fingerprint density at radius 3 is 2.45 bits per heavy atom. The van der Waals surface area contributed by atoms with Crippen LogP contribution in [0.1, 0.15) is 36.9 Å². The van der Waals surface area contributed by atoms with Gasteiger partial charge in [0.05, 0.1) is 10.5 Å². The van der Waals surface area contributed by atoms with Crippen molar-refractivity contribution < 1.29 is 40.8 Å². The van der Waals surface area contributed by atoms with Gasteiger partial charge in [0.15, 0.2) is 0 Å². The molecule has 0 bridgehead atoms. The largest absolute Gasteiger partial charge is 0.416 e. The van der Waals surface area contributed by atoms with Crippen LogP contribution in [0.2, 0.25) is 0 Å². The summed E-state index contributed by atoms with van der Waals surface area (Å²) in [6, 6.07) is 7.49. The van der Waals surface area contributed by atoms with E-state index >= 15 is 0 Å². The Kier molecular flexibility index (Phi) is 7.12. The van der Waals surface area contributed by atoms with E-state index < -0.39 is 62.4 Å². The minimum atomic E-state index is -4.71. The fraction of sp³-hybridized carbons (Fsp3) is 0.250. The first-order chi connectivity index (χ1) is 17.8. The molecule has 2 unspecified atom stereocenters. The van der Waals surface area contributed by atoms with Crippen LogP contribution in [0.4, 0.5) is 18.9 Å². The topological polar surface area (TPSA) is 142 Å². The van der Waals surface area contributed by atoms with Crippen LogP contribution in [0.3, 0.4) is 0 Å². The number of carbonyl (C=O) groups excluding carboxylic acids is 4. The molecule has 2 aromatic carbocycles. The summed E-state index contributed by atoms with van der Waals surface area (Å²) in [4.78, 5) is 49.0. The van der Waals surface area contributed by atoms with Crippen LogP contribution in [-0.4, -0.2) is 43.0 Å². The molecule has 2 atom stereocenters. The first kappa shape index (κ1) is 27.0. The molecule has 1 fully saturated rings. The number of sulfonamides is 1. The summed E-state index contributed by atoms with van der Waals surface area (Å²) in [6.07, 6.45) is -3.72. The van der Waals surface area contributed by atoms with Crippen LogP contribution >= 0.6 is 0 Å². The number of hydrogen-bond donors (Lipinski definition) is 3. The molecule has 0 aromatic heterocycles. The Hall–Kier alpha value is -4.04. The normalized spacial score (nSPS) is 19.3. The van der Waals surface area contributed by atoms with Crippen molar-refractivity contribution in [2.24, 2.45) is 0 Å². The second-order valence-corrected chi connectivity index (χ2v) is 10.4. The summed E-state index contributed by atoms with van der Waals surface area (Å²) in [7, 11) is -4.32. The Balaban J connectivity index is 1.47. The maximum absolute atomic E-state index is 13.0. The first-order valence-electron chi connectivity index (χ1n) is 11.3. The Bertz CT molecular complexity index is 1470. The van der Waals surface area contributed by atoms with E-state index in [2.05, 4.69) is 15.4 Å². The van der Waals surface area contributed by atoms with Gasteiger partial charge in [0.1, 0.15) is 11.7 Å². The highest BCUT2D eigenvalue weighted by molar-refractivity contribution is 7.89. The van der Waals surface area contributed by atoms with E-state index in [1.807, 2.05) is 0 Å². The fourth-order valence-corrected chi connectivity index (χ4v) is 5.32. The van der Waals surface area contributed by atoms with E-state index in [4.69, 9.17) is 0 Å². The van der Waals surface area contributed by atoms with Crippen LogP contribution < -0.4 is 15.4 Å². The number of hydrogen-bond acceptors (Lipinski definition) is 7. The number of rotatable bonds is 7. The van der Waals surface area contributed by atoms with Crippen LogP contribution in [0.15, 0.2) is 65.2 Å². The third kappa shape index (κ3) is 5.60. The van der Waals surface area contributed by atoms with Crippen LogP contribution in [0.25, 0.3) is 0 Å². The maximum atomic E-state index is 13.0. The fourth-order valence-electron chi connectivity index (χ4n) is 4.05. The molecule has 2 aliphatic rings. The number of piperidine rings is 1. The molecule has 38 heavy (non-hydrogen) atoms. The summed E-state index contributed by atoms with van der Waals surface area (Å²) in [5, 5.41) is 4.87. The van der Waals surface area contributed by atoms with Crippen LogP contribution in [-0.2, 0) is 35.4 Å². The molecule has 0 spiro atoms. The quantitative estimate of drug-likeness (QED) is 0.449. The average molecular weight is 551 g/mol. The Morgan fingerprint density at radius 1 is 1.05 bits per heavy atom. The molecule has 200 valence electrons. The number of carbonyl (C=O) groups is 4. The van der Waals surface area contributed by atoms with Gasteiger partial charge in [-0.05, 0) is 49.2 Å². The lowest BCUT2D eigenvalue weighted by atomic mass is 10.0. The van der Waals surface area contributed by atoms with Crippen molar-refractivity contribution in [3.8, 4) is 0 Å². The minimum absolute atomic E-state index is 0.00227. The number of halogens is 3. The van der Waals surface area contributed by atoms with Crippen molar-refractivity contribution in [2.45, 2.75) is 42.9 Å². The third-order valence-electron chi connectivity index (χ3n) is 5.95. The maximum Gasteiger partial charge on any atom is 0.416 e. The molecule has 4 amide bonds. The monoisotopic (exact) mass is 550 g/mol. The zero-order valence-corrected chi connectivity index (χ0v) is 20.5. The Morgan fingerprint density at radius 2 is 1.76 bits per heavy atom. The summed E-state index contributed by atoms with van der Waals surface area (Å²) in [5.74, 6) is -2.74. The van der Waals surface area contributed by atoms with Crippen LogP contribution in [0.5, 0.6) is 0 Å². The van der Waals surface area contributed by atoms with Crippen molar-refractivity contribution in [3.63, 3.8) is 0 Å². The second kappa shape index (κ2) is 10.0. The van der Waals surface area contributed by atoms with Crippen molar-refractivity contribution in [3.05, 3.63) is 71.4 Å². The second-order valence-electron chi connectivity index (χ2n) is 8.66. The zero-order chi connectivity index (χ0) is 27.8. The molecule has 0 aliphatic carbocycles. The molecule has 10 nitrogen and oxygen atoms in total. The molecule has 3 N–H and O–H groups in total. The van der Waals surface area contributed by atoms with Crippen molar-refractivity contribution >= 4 is 39.3 Å². The lowest BCUT2D eigenvalue weighted by Gasteiger charge is -2.28. The Labute approximate surface area is 214 Å². The lowest BCUT2D eigenvalue weighted by molar-refractivity contribution is -0.149. The molecule has 2 heterocycles. The molecule has 14 heteroatoms. The first-order valence-corrected chi connectivity index (χ1v) is 12.7. The number of anilines is 1. The van der Waals surface area contributed by atoms with Crippen molar-refractivity contribution in [2.75, 3.05) is 5.32 Å². The van der Waals surface area contributed by atoms with Gasteiger partial charge < -0.3 is 5.32 Å². The van der Waals surface area contributed by atoms with Crippen molar-refractivity contribution in [1.82, 2.24) is 14.9 Å². The molecule has 0 radical (unpaired) electrons. The summed E-state index contributed by atoms with van der Waals surface area (Å²) in [6.45, 7) is 1.48. The summed E-state index contributed by atoms with van der Waals surface area (Å²) < 4.78 is 66.8. The lowest BCUT2D eigenvalue weighted by Crippen LogP contribution is -2.54. The molecule has 4 rings (SSSR count). The van der Waals surface area contributed by atoms with Gasteiger partial charge in [-0.15, -0.1) is 0 Å². The van der Waals surface area contributed by atoms with E-state index in [0.717, 1.165) is 29.2 Å². The van der Waals surface area contributed by atoms with Gasteiger partial charge in [0, 0.05) is 24.2 Å². The number of alkyl halides is 3. The van der Waals surface area contributed by atoms with Crippen LogP contribution in [0, 0.1) is 0 Å². The zero-order valence-electron chi connectivity index (χ0n) is 19.7. The molecular formula is C24H21F3N4O6S. The average Bonchev–Trinajstić information content (AvgIpc) is 3.11. The predicted octanol–water partition coefficient (Wildman–Crippen LogP) is 2.21. The highest BCUT2D eigenvalue weighted by atomic mass is 32.2. The number of nitrogens with zero attached hydrogens (tertiary/aromatic N) is 1. The minimum Gasteiger partial charge on any atom is -0.351 e. The van der Waals surface area contributed by atoms with E-state index in [1.165, 1.54) is 13.0 Å². The number of amides is 4. The number of imide groups is 2. The van der Waals surface area contributed by atoms with Gasteiger partial charge in [-0.1, -0.05) is 18.2 Å². The van der Waals surface area contributed by atoms with E-state index in [0.29, 0.717) is 17.3 Å². The summed E-state index contributed by atoms with van der Waals surface area (Å²) >= 11 is 0. The van der Waals surface area contributed by atoms with Gasteiger partial charge in [-0.2, -0.15) is 13.2 Å². The number of benzene rings is 2. The molecule has 2 aromatic rings. The molecular weight excluding hydrogens is 529 g/mol. The number of nitrogens with one attached hydrogen (secondary N) is 3. The SMILES string of the molecule is CC(NS(=O)(=O)c1cccc(C(F)(F)F)c1)c1cccc(NC2=CC(=O)N(C3CCC(=O)NC3=O)C2=O)c1. The molecule has 1 saturated heterocycles. The van der Waals surface area contributed by atoms with Gasteiger partial charge in [0.2, 0.25) is 21.8 Å². The van der Waals surface area contributed by atoms with Gasteiger partial charge >= 0.3 is 6.18 Å². The molecule has 2 aliphatic heterocycles. The van der Waals surface area contributed by atoms with E-state index in [1.54, 1.807) is 18.2 Å². The summed E-state index contributed by atoms with van der Waals surface area (Å²) in [5.41, 5.74) is -0.515. The van der Waals surface area contributed by atoms with Crippen molar-refractivity contribution in [1.29, 1.82) is 0 Å². The third-order valence-corrected chi connectivity index (χ3v) is 7.48.